The van der Waals surface area contributed by atoms with Crippen LogP contribution >= 0.6 is 0 Å². The van der Waals surface area contributed by atoms with E-state index in [2.05, 4.69) is 6.58 Å². The van der Waals surface area contributed by atoms with E-state index in [1.54, 1.807) is 36.4 Å². The van der Waals surface area contributed by atoms with Crippen LogP contribution in [-0.2, 0) is 16.1 Å². The highest BCUT2D eigenvalue weighted by Gasteiger charge is 2.08. The summed E-state index contributed by atoms with van der Waals surface area (Å²) in [5.74, 6) is 0.549. The van der Waals surface area contributed by atoms with E-state index in [0.29, 0.717) is 11.5 Å². The van der Waals surface area contributed by atoms with Crippen LogP contribution < -0.4 is 9.47 Å². The summed E-state index contributed by atoms with van der Waals surface area (Å²) < 4.78 is 15.9. The molecule has 27 heavy (non-hydrogen) atoms. The Bertz CT molecular complexity index is 842. The number of carbonyl (C=O) groups excluding carboxylic acids is 1. The highest BCUT2D eigenvalue weighted by molar-refractivity contribution is 5.87. The molecular formula is C20H19NO6. The molecule has 0 radical (unpaired) electrons. The van der Waals surface area contributed by atoms with Gasteiger partial charge >= 0.3 is 5.97 Å². The largest absolute Gasteiger partial charge is 0.493 e. The van der Waals surface area contributed by atoms with Gasteiger partial charge in [0.2, 0.25) is 0 Å². The maximum Gasteiger partial charge on any atom is 0.331 e. The fourth-order valence-corrected chi connectivity index (χ4v) is 2.14. The maximum absolute atomic E-state index is 11.5. The number of ether oxygens (including phenoxy) is 3. The van der Waals surface area contributed by atoms with E-state index >= 15 is 0 Å². The summed E-state index contributed by atoms with van der Waals surface area (Å²) >= 11 is 0. The first-order valence-electron chi connectivity index (χ1n) is 8.03. The SMILES string of the molecule is C=CCOC(=O)/C=C/c1ccc(OCc2ccc([N+](=O)[O-])cc2)c(OC)c1. The van der Waals surface area contributed by atoms with Crippen LogP contribution in [0.3, 0.4) is 0 Å². The molecule has 2 rings (SSSR count). The van der Waals surface area contributed by atoms with Crippen LogP contribution in [0.4, 0.5) is 5.69 Å². The molecule has 7 nitrogen and oxygen atoms in total. The van der Waals surface area contributed by atoms with Crippen molar-refractivity contribution in [2.45, 2.75) is 6.61 Å². The number of esters is 1. The van der Waals surface area contributed by atoms with Crippen LogP contribution in [0.25, 0.3) is 6.08 Å². The second kappa shape index (κ2) is 9.76. The predicted molar refractivity (Wildman–Crippen MR) is 101 cm³/mol. The number of rotatable bonds is 9. The normalized spacial score (nSPS) is 10.4. The molecule has 2 aromatic carbocycles. The summed E-state index contributed by atoms with van der Waals surface area (Å²) in [6.07, 6.45) is 4.41. The number of nitro groups is 1. The molecule has 0 unspecified atom stereocenters. The molecule has 2 aromatic rings. The summed E-state index contributed by atoms with van der Waals surface area (Å²) in [7, 11) is 1.51. The van der Waals surface area contributed by atoms with Crippen molar-refractivity contribution < 1.29 is 23.9 Å². The van der Waals surface area contributed by atoms with Gasteiger partial charge in [0.25, 0.3) is 5.69 Å². The quantitative estimate of drug-likeness (QED) is 0.219. The number of nitrogens with zero attached hydrogens (tertiary/aromatic N) is 1. The average Bonchev–Trinajstić information content (AvgIpc) is 2.69. The van der Waals surface area contributed by atoms with Gasteiger partial charge in [0.15, 0.2) is 11.5 Å². The Morgan fingerprint density at radius 1 is 1.19 bits per heavy atom. The number of non-ortho nitro benzene ring substituents is 1. The van der Waals surface area contributed by atoms with E-state index < -0.39 is 10.9 Å². The number of hydrogen-bond donors (Lipinski definition) is 0. The maximum atomic E-state index is 11.5. The topological polar surface area (TPSA) is 87.9 Å². The second-order valence-electron chi connectivity index (χ2n) is 5.37. The van der Waals surface area contributed by atoms with Crippen molar-refractivity contribution in [3.63, 3.8) is 0 Å². The number of carbonyl (C=O) groups is 1. The summed E-state index contributed by atoms with van der Waals surface area (Å²) in [5, 5.41) is 10.7. The lowest BCUT2D eigenvalue weighted by molar-refractivity contribution is -0.384. The number of benzene rings is 2. The molecule has 0 amide bonds. The third-order valence-corrected chi connectivity index (χ3v) is 3.48. The number of methoxy groups -OCH3 is 1. The molecule has 0 saturated heterocycles. The van der Waals surface area contributed by atoms with Crippen molar-refractivity contribution >= 4 is 17.7 Å². The van der Waals surface area contributed by atoms with Crippen LogP contribution in [0, 0.1) is 10.1 Å². The van der Waals surface area contributed by atoms with E-state index in [-0.39, 0.29) is 18.9 Å². The highest BCUT2D eigenvalue weighted by atomic mass is 16.6. The lowest BCUT2D eigenvalue weighted by Crippen LogP contribution is -2.00. The minimum absolute atomic E-state index is 0.0269. The fraction of sp³-hybridized carbons (Fsp3) is 0.150. The van der Waals surface area contributed by atoms with Crippen molar-refractivity contribution in [3.8, 4) is 11.5 Å². The van der Waals surface area contributed by atoms with Gasteiger partial charge in [0.05, 0.1) is 12.0 Å². The van der Waals surface area contributed by atoms with E-state index in [0.717, 1.165) is 11.1 Å². The van der Waals surface area contributed by atoms with Crippen molar-refractivity contribution in [1.29, 1.82) is 0 Å². The van der Waals surface area contributed by atoms with Gasteiger partial charge in [-0.2, -0.15) is 0 Å². The van der Waals surface area contributed by atoms with Gasteiger partial charge in [-0.25, -0.2) is 4.79 Å². The van der Waals surface area contributed by atoms with Crippen LogP contribution in [0.15, 0.2) is 61.2 Å². The molecule has 7 heteroatoms. The summed E-state index contributed by atoms with van der Waals surface area (Å²) in [4.78, 5) is 21.7. The zero-order valence-electron chi connectivity index (χ0n) is 14.8. The third kappa shape index (κ3) is 6.00. The van der Waals surface area contributed by atoms with E-state index in [9.17, 15) is 14.9 Å². The van der Waals surface area contributed by atoms with Gasteiger partial charge in [-0.05, 0) is 41.5 Å². The van der Waals surface area contributed by atoms with Gasteiger partial charge in [0, 0.05) is 18.2 Å². The van der Waals surface area contributed by atoms with Gasteiger partial charge < -0.3 is 14.2 Å². The van der Waals surface area contributed by atoms with Crippen molar-refractivity contribution in [2.24, 2.45) is 0 Å². The molecule has 0 spiro atoms. The molecule has 0 aromatic heterocycles. The highest BCUT2D eigenvalue weighted by Crippen LogP contribution is 2.29. The standard InChI is InChI=1S/C20H19NO6/c1-3-12-26-20(22)11-7-15-6-10-18(19(13-15)25-2)27-14-16-4-8-17(9-5-16)21(23)24/h3-11,13H,1,12,14H2,2H3/b11-7+. The molecule has 0 heterocycles. The molecular weight excluding hydrogens is 350 g/mol. The predicted octanol–water partition coefficient (Wildman–Crippen LogP) is 3.92. The van der Waals surface area contributed by atoms with Crippen LogP contribution in [0.1, 0.15) is 11.1 Å². The smallest absolute Gasteiger partial charge is 0.331 e. The minimum Gasteiger partial charge on any atom is -0.493 e. The summed E-state index contributed by atoms with van der Waals surface area (Å²) in [5.41, 5.74) is 1.56. The van der Waals surface area contributed by atoms with Crippen molar-refractivity contribution in [2.75, 3.05) is 13.7 Å². The molecule has 0 bridgehead atoms. The minimum atomic E-state index is -0.465. The Balaban J connectivity index is 2.03. The molecule has 0 aliphatic carbocycles. The lowest BCUT2D eigenvalue weighted by atomic mass is 10.2. The Morgan fingerprint density at radius 2 is 1.93 bits per heavy atom. The number of hydrogen-bond acceptors (Lipinski definition) is 6. The Morgan fingerprint density at radius 3 is 2.56 bits per heavy atom. The second-order valence-corrected chi connectivity index (χ2v) is 5.37. The molecule has 0 saturated carbocycles. The lowest BCUT2D eigenvalue weighted by Gasteiger charge is -2.11. The van der Waals surface area contributed by atoms with Crippen molar-refractivity contribution in [3.05, 3.63) is 82.4 Å². The van der Waals surface area contributed by atoms with Gasteiger partial charge in [0.1, 0.15) is 13.2 Å². The first-order chi connectivity index (χ1) is 13.0. The fourth-order valence-electron chi connectivity index (χ4n) is 2.14. The first-order valence-corrected chi connectivity index (χ1v) is 8.03. The zero-order valence-corrected chi connectivity index (χ0v) is 14.8. The monoisotopic (exact) mass is 369 g/mol. The van der Waals surface area contributed by atoms with E-state index in [4.69, 9.17) is 14.2 Å². The van der Waals surface area contributed by atoms with Crippen LogP contribution in [0.2, 0.25) is 0 Å². The average molecular weight is 369 g/mol. The summed E-state index contributed by atoms with van der Waals surface area (Å²) in [6, 6.07) is 11.3. The summed E-state index contributed by atoms with van der Waals surface area (Å²) in [6.45, 7) is 3.86. The molecule has 0 aliphatic heterocycles. The molecule has 140 valence electrons. The van der Waals surface area contributed by atoms with Gasteiger partial charge in [-0.15, -0.1) is 0 Å². The van der Waals surface area contributed by atoms with Gasteiger partial charge in [-0.1, -0.05) is 18.7 Å². The Hall–Kier alpha value is -3.61. The number of nitro benzene ring substituents is 1. The van der Waals surface area contributed by atoms with Gasteiger partial charge in [-0.3, -0.25) is 10.1 Å². The molecule has 0 fully saturated rings. The Labute approximate surface area is 156 Å². The van der Waals surface area contributed by atoms with Crippen LogP contribution in [-0.4, -0.2) is 24.6 Å². The van der Waals surface area contributed by atoms with E-state index in [1.165, 1.54) is 31.4 Å². The van der Waals surface area contributed by atoms with E-state index in [1.807, 2.05) is 0 Å². The van der Waals surface area contributed by atoms with Crippen molar-refractivity contribution in [1.82, 2.24) is 0 Å². The molecule has 0 atom stereocenters. The molecule has 0 aliphatic rings. The molecule has 0 N–H and O–H groups in total. The Kier molecular flexibility index (Phi) is 7.13. The first kappa shape index (κ1) is 19.7. The third-order valence-electron chi connectivity index (χ3n) is 3.48. The van der Waals surface area contributed by atoms with Crippen LogP contribution in [0.5, 0.6) is 11.5 Å². The zero-order chi connectivity index (χ0) is 19.6.